The first-order chi connectivity index (χ1) is 16.9. The maximum absolute atomic E-state index is 13.8. The number of carbonyl (C=O) groups is 1. The lowest BCUT2D eigenvalue weighted by molar-refractivity contribution is -0.102. The average molecular weight is 491 g/mol. The van der Waals surface area contributed by atoms with Gasteiger partial charge in [-0.05, 0) is 37.3 Å². The number of aliphatic hydroxyl groups is 2. The largest absolute Gasteiger partial charge is 0.378 e. The Bertz CT molecular complexity index is 1270. The van der Waals surface area contributed by atoms with Gasteiger partial charge >= 0.3 is 0 Å². The number of amides is 1. The van der Waals surface area contributed by atoms with Crippen molar-refractivity contribution in [1.82, 2.24) is 15.3 Å². The van der Waals surface area contributed by atoms with E-state index in [-0.39, 0.29) is 17.4 Å². The molecule has 3 aromatic rings. The molecule has 1 aliphatic heterocycles. The highest BCUT2D eigenvalue weighted by Gasteiger charge is 2.38. The second kappa shape index (κ2) is 10.1. The third-order valence-electron chi connectivity index (χ3n) is 6.55. The summed E-state index contributed by atoms with van der Waals surface area (Å²) in [6.07, 6.45) is 1.67. The summed E-state index contributed by atoms with van der Waals surface area (Å²) < 4.78 is 19.2. The number of nitrogens with zero attached hydrogens (tertiary/aromatic N) is 3. The molecule has 1 aliphatic rings. The van der Waals surface area contributed by atoms with Gasteiger partial charge in [0.05, 0.1) is 36.5 Å². The van der Waals surface area contributed by atoms with Crippen LogP contribution in [0.15, 0.2) is 42.6 Å². The van der Waals surface area contributed by atoms with E-state index in [1.54, 1.807) is 30.5 Å². The number of carbonyl (C=O) groups excluding carboxylic acids is 1. The number of rotatable bonds is 7. The Labute approximate surface area is 211 Å². The van der Waals surface area contributed by atoms with Crippen LogP contribution < -0.4 is 15.5 Å². The zero-order valence-electron chi connectivity index (χ0n) is 20.9. The molecular weight excluding hydrogens is 462 g/mol. The molecule has 1 saturated heterocycles. The number of halogens is 1. The molecule has 0 bridgehead atoms. The highest BCUT2D eigenvalue weighted by atomic mass is 19.1. The van der Waals surface area contributed by atoms with Crippen LogP contribution in [0.25, 0.3) is 11.0 Å². The van der Waals surface area contributed by atoms with Crippen LogP contribution in [-0.4, -0.2) is 87.0 Å². The molecular formula is C23H29B3FN5O4. The number of nitrogens with one attached hydrogen (secondary N) is 2. The van der Waals surface area contributed by atoms with E-state index in [9.17, 15) is 19.4 Å². The number of ether oxygens (including phenoxy) is 1. The van der Waals surface area contributed by atoms with Crippen molar-refractivity contribution in [3.05, 3.63) is 59.5 Å². The van der Waals surface area contributed by atoms with Crippen molar-refractivity contribution in [2.24, 2.45) is 0 Å². The monoisotopic (exact) mass is 491 g/mol. The summed E-state index contributed by atoms with van der Waals surface area (Å²) >= 11 is 0. The van der Waals surface area contributed by atoms with Crippen LogP contribution in [0.5, 0.6) is 0 Å². The minimum Gasteiger partial charge on any atom is -0.378 e. The van der Waals surface area contributed by atoms with E-state index in [1.165, 1.54) is 35.7 Å². The first-order valence-electron chi connectivity index (χ1n) is 11.9. The van der Waals surface area contributed by atoms with Crippen molar-refractivity contribution in [3.63, 3.8) is 0 Å². The van der Waals surface area contributed by atoms with Crippen LogP contribution >= 0.6 is 0 Å². The van der Waals surface area contributed by atoms with Crippen molar-refractivity contribution in [2.75, 3.05) is 36.5 Å². The van der Waals surface area contributed by atoms with Gasteiger partial charge in [-0.1, -0.05) is 6.07 Å². The first kappa shape index (κ1) is 25.9. The molecule has 0 spiro atoms. The molecule has 1 fully saturated rings. The van der Waals surface area contributed by atoms with E-state index < -0.39 is 16.9 Å². The summed E-state index contributed by atoms with van der Waals surface area (Å²) in [7, 11) is 4.26. The summed E-state index contributed by atoms with van der Waals surface area (Å²) in [5.41, 5.74) is 0.549. The molecule has 2 aromatic carbocycles. The zero-order valence-corrected chi connectivity index (χ0v) is 20.9. The molecule has 4 rings (SSSR count). The summed E-state index contributed by atoms with van der Waals surface area (Å²) in [6, 6.07) is 9.11. The number of hydrogen-bond donors (Lipinski definition) is 4. The molecule has 1 aromatic heterocycles. The number of anilines is 2. The molecule has 9 nitrogen and oxygen atoms in total. The van der Waals surface area contributed by atoms with Crippen molar-refractivity contribution in [2.45, 2.75) is 24.0 Å². The van der Waals surface area contributed by atoms with E-state index >= 15 is 0 Å². The maximum atomic E-state index is 13.8. The molecule has 1 amide bonds. The standard InChI is InChI=1S/C23H29B3FN5O4/c1-13(29-16-4-2-3-15(27)11-16)17-9-14(21(33)31-22(24,25)23(26,34)35)10-18-20(17)30-19(12-28-18)32-5-7-36-8-6-32/h2-4,9-13,29,34-35H,5-8,24-26H2,1H3,(H,31,33). The Hall–Kier alpha value is -3.15. The first-order valence-corrected chi connectivity index (χ1v) is 11.9. The minimum absolute atomic E-state index is 0.288. The molecule has 1 atom stereocenters. The normalized spacial score (nSPS) is 15.5. The van der Waals surface area contributed by atoms with Gasteiger partial charge in [0.15, 0.2) is 7.85 Å². The van der Waals surface area contributed by atoms with Gasteiger partial charge < -0.3 is 30.5 Å². The summed E-state index contributed by atoms with van der Waals surface area (Å²) in [6.45, 7) is 4.50. The van der Waals surface area contributed by atoms with E-state index in [0.717, 1.165) is 0 Å². The smallest absolute Gasteiger partial charge is 0.250 e. The molecule has 0 aliphatic carbocycles. The third kappa shape index (κ3) is 5.64. The molecule has 0 saturated carbocycles. The minimum atomic E-state index is -2.14. The number of aromatic nitrogens is 2. The van der Waals surface area contributed by atoms with E-state index in [1.807, 2.05) is 6.92 Å². The van der Waals surface area contributed by atoms with Crippen molar-refractivity contribution in [3.8, 4) is 0 Å². The molecule has 13 heteroatoms. The number of morpholine rings is 1. The van der Waals surface area contributed by atoms with Gasteiger partial charge in [0, 0.05) is 35.2 Å². The number of benzene rings is 2. The molecule has 2 heterocycles. The van der Waals surface area contributed by atoms with Crippen LogP contribution in [0.3, 0.4) is 0 Å². The fraction of sp³-hybridized carbons (Fsp3) is 0.348. The van der Waals surface area contributed by atoms with Gasteiger partial charge in [-0.2, -0.15) is 0 Å². The fourth-order valence-electron chi connectivity index (χ4n) is 3.92. The maximum Gasteiger partial charge on any atom is 0.250 e. The van der Waals surface area contributed by atoms with Gasteiger partial charge in [0.1, 0.15) is 33.0 Å². The van der Waals surface area contributed by atoms with Gasteiger partial charge in [0.25, 0.3) is 5.91 Å². The van der Waals surface area contributed by atoms with Crippen LogP contribution in [0, 0.1) is 5.82 Å². The Morgan fingerprint density at radius 3 is 2.58 bits per heavy atom. The molecule has 4 N–H and O–H groups in total. The predicted molar refractivity (Wildman–Crippen MR) is 144 cm³/mol. The van der Waals surface area contributed by atoms with Crippen molar-refractivity contribution < 1.29 is 24.1 Å². The van der Waals surface area contributed by atoms with E-state index in [2.05, 4.69) is 20.5 Å². The molecule has 1 unspecified atom stereocenters. The Morgan fingerprint density at radius 2 is 1.92 bits per heavy atom. The summed E-state index contributed by atoms with van der Waals surface area (Å²) in [4.78, 5) is 24.7. The van der Waals surface area contributed by atoms with Gasteiger partial charge in [-0.3, -0.25) is 9.78 Å². The van der Waals surface area contributed by atoms with Crippen LogP contribution in [-0.2, 0) is 4.74 Å². The van der Waals surface area contributed by atoms with Crippen LogP contribution in [0.4, 0.5) is 15.9 Å². The van der Waals surface area contributed by atoms with Crippen molar-refractivity contribution in [1.29, 1.82) is 0 Å². The second-order valence-corrected chi connectivity index (χ2v) is 9.74. The molecule has 36 heavy (non-hydrogen) atoms. The summed E-state index contributed by atoms with van der Waals surface area (Å²) in [5.74, 6) is -0.146. The van der Waals surface area contributed by atoms with Crippen LogP contribution in [0.1, 0.15) is 28.9 Å². The van der Waals surface area contributed by atoms with Gasteiger partial charge in [0.2, 0.25) is 0 Å². The van der Waals surface area contributed by atoms with Gasteiger partial charge in [-0.15, -0.1) is 0 Å². The molecule has 186 valence electrons. The lowest BCUT2D eigenvalue weighted by atomic mass is 9.51. The topological polar surface area (TPSA) is 120 Å². The predicted octanol–water partition coefficient (Wildman–Crippen LogP) is -1.30. The highest BCUT2D eigenvalue weighted by molar-refractivity contribution is 6.45. The number of hydrogen-bond acceptors (Lipinski definition) is 8. The Morgan fingerprint density at radius 1 is 1.19 bits per heavy atom. The average Bonchev–Trinajstić information content (AvgIpc) is 2.82. The van der Waals surface area contributed by atoms with E-state index in [4.69, 9.17) is 9.72 Å². The SMILES string of the molecule is BC(O)(O)C(B)(B)NC(=O)c1cc(C(C)Nc2cccc(F)c2)c2nc(N3CCOCC3)cnc2c1. The fourth-order valence-corrected chi connectivity index (χ4v) is 3.92. The zero-order chi connectivity index (χ0) is 26.1. The number of fused-ring (bicyclic) bond motifs is 1. The molecule has 0 radical (unpaired) electrons. The Kier molecular flexibility index (Phi) is 7.26. The Balaban J connectivity index is 1.76. The third-order valence-corrected chi connectivity index (χ3v) is 6.55. The lowest BCUT2D eigenvalue weighted by Crippen LogP contribution is -2.66. The summed E-state index contributed by atoms with van der Waals surface area (Å²) in [5, 5.41) is 24.8. The van der Waals surface area contributed by atoms with Crippen molar-refractivity contribution >= 4 is 52.0 Å². The second-order valence-electron chi connectivity index (χ2n) is 9.74. The highest BCUT2D eigenvalue weighted by Crippen LogP contribution is 2.29. The van der Waals surface area contributed by atoms with Gasteiger partial charge in [-0.25, -0.2) is 9.37 Å². The quantitative estimate of drug-likeness (QED) is 0.238. The lowest BCUT2D eigenvalue weighted by Gasteiger charge is -2.37. The van der Waals surface area contributed by atoms with E-state index in [0.29, 0.717) is 54.4 Å². The van der Waals surface area contributed by atoms with Crippen LogP contribution in [0.2, 0.25) is 0 Å².